The molecule has 1 aliphatic carbocycles. The predicted molar refractivity (Wildman–Crippen MR) is 116 cm³/mol. The van der Waals surface area contributed by atoms with Gasteiger partial charge in [-0.1, -0.05) is 42.5 Å². The van der Waals surface area contributed by atoms with E-state index < -0.39 is 5.97 Å². The van der Waals surface area contributed by atoms with Gasteiger partial charge in [0, 0.05) is 17.7 Å². The molecule has 0 amide bonds. The molecule has 4 rings (SSSR count). The molecule has 1 heterocycles. The first-order valence-electron chi connectivity index (χ1n) is 10.3. The van der Waals surface area contributed by atoms with Crippen LogP contribution >= 0.6 is 0 Å². The number of rotatable bonds is 6. The van der Waals surface area contributed by atoms with Gasteiger partial charge in [0.1, 0.15) is 0 Å². The van der Waals surface area contributed by atoms with Crippen LogP contribution in [0.15, 0.2) is 72.9 Å². The van der Waals surface area contributed by atoms with Gasteiger partial charge >= 0.3 is 5.97 Å². The number of nitrogens with one attached hydrogen (secondary N) is 1. The first-order valence-corrected chi connectivity index (χ1v) is 10.3. The highest BCUT2D eigenvalue weighted by molar-refractivity contribution is 5.67. The van der Waals surface area contributed by atoms with E-state index in [1.54, 1.807) is 0 Å². The summed E-state index contributed by atoms with van der Waals surface area (Å²) >= 11 is 0. The second-order valence-corrected chi connectivity index (χ2v) is 7.86. The SMILES string of the molecule is O=C(O)CC1CCC(c2ccc(-c3ccc(Nc4ccccc4)cn3)cc2)CC1. The van der Waals surface area contributed by atoms with Crippen LogP contribution in [0.1, 0.15) is 43.6 Å². The zero-order valence-electron chi connectivity index (χ0n) is 16.4. The van der Waals surface area contributed by atoms with Gasteiger partial charge in [0.2, 0.25) is 0 Å². The van der Waals surface area contributed by atoms with Crippen LogP contribution in [0.25, 0.3) is 11.3 Å². The Morgan fingerprint density at radius 1 is 0.897 bits per heavy atom. The van der Waals surface area contributed by atoms with Crippen LogP contribution in [0.2, 0.25) is 0 Å². The number of carboxylic acid groups (broad SMARTS) is 1. The maximum Gasteiger partial charge on any atom is 0.303 e. The fourth-order valence-corrected chi connectivity index (χ4v) is 4.20. The van der Waals surface area contributed by atoms with Crippen molar-refractivity contribution in [1.82, 2.24) is 4.98 Å². The number of nitrogens with zero attached hydrogens (tertiary/aromatic N) is 1. The lowest BCUT2D eigenvalue weighted by Crippen LogP contribution is -2.16. The fraction of sp³-hybridized carbons (Fsp3) is 0.280. The van der Waals surface area contributed by atoms with Gasteiger partial charge in [0.05, 0.1) is 17.6 Å². The number of para-hydroxylation sites is 1. The largest absolute Gasteiger partial charge is 0.481 e. The summed E-state index contributed by atoms with van der Waals surface area (Å²) in [5.41, 5.74) is 5.43. The topological polar surface area (TPSA) is 62.2 Å². The van der Waals surface area contributed by atoms with Crippen molar-refractivity contribution in [3.63, 3.8) is 0 Å². The van der Waals surface area contributed by atoms with E-state index in [0.717, 1.165) is 48.3 Å². The number of hydrogen-bond acceptors (Lipinski definition) is 3. The first kappa shape index (κ1) is 19.2. The molecule has 3 aromatic rings. The molecule has 0 unspecified atom stereocenters. The van der Waals surface area contributed by atoms with Crippen molar-refractivity contribution >= 4 is 17.3 Å². The molecule has 1 aromatic heterocycles. The minimum Gasteiger partial charge on any atom is -0.481 e. The van der Waals surface area contributed by atoms with Crippen LogP contribution in [-0.2, 0) is 4.79 Å². The Kier molecular flexibility index (Phi) is 5.89. The molecule has 0 saturated heterocycles. The van der Waals surface area contributed by atoms with Crippen molar-refractivity contribution in [3.8, 4) is 11.3 Å². The second kappa shape index (κ2) is 8.91. The lowest BCUT2D eigenvalue weighted by atomic mass is 9.77. The highest BCUT2D eigenvalue weighted by Gasteiger charge is 2.23. The second-order valence-electron chi connectivity index (χ2n) is 7.86. The van der Waals surface area contributed by atoms with Crippen molar-refractivity contribution in [2.45, 2.75) is 38.0 Å². The molecule has 4 nitrogen and oxygen atoms in total. The molecule has 29 heavy (non-hydrogen) atoms. The highest BCUT2D eigenvalue weighted by Crippen LogP contribution is 2.37. The number of aliphatic carboxylic acids is 1. The molecular formula is C25H26N2O2. The zero-order valence-corrected chi connectivity index (χ0v) is 16.4. The van der Waals surface area contributed by atoms with Gasteiger partial charge in [-0.15, -0.1) is 0 Å². The number of pyridine rings is 1. The van der Waals surface area contributed by atoms with Crippen molar-refractivity contribution in [2.24, 2.45) is 5.92 Å². The van der Waals surface area contributed by atoms with Crippen molar-refractivity contribution in [1.29, 1.82) is 0 Å². The summed E-state index contributed by atoms with van der Waals surface area (Å²) in [6, 6.07) is 22.8. The van der Waals surface area contributed by atoms with Crippen molar-refractivity contribution in [3.05, 3.63) is 78.5 Å². The molecule has 4 heteroatoms. The van der Waals surface area contributed by atoms with Gasteiger partial charge in [-0.25, -0.2) is 0 Å². The maximum atomic E-state index is 10.9. The van der Waals surface area contributed by atoms with Gasteiger partial charge in [0.25, 0.3) is 0 Å². The number of benzene rings is 2. The first-order chi connectivity index (χ1) is 14.2. The highest BCUT2D eigenvalue weighted by atomic mass is 16.4. The summed E-state index contributed by atoms with van der Waals surface area (Å²) in [6.45, 7) is 0. The lowest BCUT2D eigenvalue weighted by Gasteiger charge is -2.28. The molecular weight excluding hydrogens is 360 g/mol. The van der Waals surface area contributed by atoms with E-state index in [1.807, 2.05) is 48.7 Å². The average Bonchev–Trinajstić information content (AvgIpc) is 2.75. The summed E-state index contributed by atoms with van der Waals surface area (Å²) in [7, 11) is 0. The predicted octanol–water partition coefficient (Wildman–Crippen LogP) is 6.24. The quantitative estimate of drug-likeness (QED) is 0.526. The van der Waals surface area contributed by atoms with Crippen LogP contribution in [0.3, 0.4) is 0 Å². The van der Waals surface area contributed by atoms with E-state index >= 15 is 0 Å². The average molecular weight is 386 g/mol. The molecule has 1 fully saturated rings. The summed E-state index contributed by atoms with van der Waals surface area (Å²) in [5, 5.41) is 12.3. The monoisotopic (exact) mass is 386 g/mol. The Labute approximate surface area is 171 Å². The van der Waals surface area contributed by atoms with Crippen LogP contribution in [-0.4, -0.2) is 16.1 Å². The molecule has 0 spiro atoms. The van der Waals surface area contributed by atoms with E-state index in [4.69, 9.17) is 5.11 Å². The molecule has 0 aliphatic heterocycles. The minimum absolute atomic E-state index is 0.312. The standard InChI is InChI=1S/C25H26N2O2/c28-25(29)16-18-6-8-19(9-7-18)20-10-12-21(13-11-20)24-15-14-23(17-26-24)27-22-4-2-1-3-5-22/h1-5,10-15,17-19,27H,6-9,16H2,(H,28,29). The van der Waals surface area contributed by atoms with E-state index in [0.29, 0.717) is 18.3 Å². The maximum absolute atomic E-state index is 10.9. The van der Waals surface area contributed by atoms with Crippen molar-refractivity contribution in [2.75, 3.05) is 5.32 Å². The molecule has 1 saturated carbocycles. The third-order valence-electron chi connectivity index (χ3n) is 5.81. The van der Waals surface area contributed by atoms with Gasteiger partial charge in [0.15, 0.2) is 0 Å². The van der Waals surface area contributed by atoms with Gasteiger partial charge in [-0.2, -0.15) is 0 Å². The zero-order chi connectivity index (χ0) is 20.1. The molecule has 0 atom stereocenters. The normalized spacial score (nSPS) is 18.9. The summed E-state index contributed by atoms with van der Waals surface area (Å²) in [5.74, 6) is 0.213. The van der Waals surface area contributed by atoms with E-state index in [-0.39, 0.29) is 0 Å². The van der Waals surface area contributed by atoms with Gasteiger partial charge in [-0.3, -0.25) is 9.78 Å². The Bertz CT molecular complexity index is 929. The Balaban J connectivity index is 1.37. The number of anilines is 2. The number of carboxylic acids is 1. The van der Waals surface area contributed by atoms with E-state index in [1.165, 1.54) is 5.56 Å². The van der Waals surface area contributed by atoms with Crippen LogP contribution in [0, 0.1) is 5.92 Å². The van der Waals surface area contributed by atoms with Crippen molar-refractivity contribution < 1.29 is 9.90 Å². The molecule has 2 N–H and O–H groups in total. The van der Waals surface area contributed by atoms with E-state index in [2.05, 4.69) is 34.6 Å². The summed E-state index contributed by atoms with van der Waals surface area (Å²) < 4.78 is 0. The molecule has 1 aliphatic rings. The van der Waals surface area contributed by atoms with Crippen LogP contribution in [0.4, 0.5) is 11.4 Å². The third kappa shape index (κ3) is 5.02. The van der Waals surface area contributed by atoms with E-state index in [9.17, 15) is 4.79 Å². The minimum atomic E-state index is -0.671. The summed E-state index contributed by atoms with van der Waals surface area (Å²) in [6.07, 6.45) is 6.35. The molecule has 2 aromatic carbocycles. The smallest absolute Gasteiger partial charge is 0.303 e. The number of carbonyl (C=O) groups is 1. The Morgan fingerprint density at radius 3 is 2.24 bits per heavy atom. The molecule has 148 valence electrons. The number of aromatic nitrogens is 1. The Hall–Kier alpha value is -3.14. The van der Waals surface area contributed by atoms with Gasteiger partial charge in [-0.05, 0) is 67.3 Å². The Morgan fingerprint density at radius 2 is 1.62 bits per heavy atom. The van der Waals surface area contributed by atoms with Crippen LogP contribution < -0.4 is 5.32 Å². The molecule has 0 radical (unpaired) electrons. The third-order valence-corrected chi connectivity index (χ3v) is 5.81. The van der Waals surface area contributed by atoms with Gasteiger partial charge < -0.3 is 10.4 Å². The molecule has 0 bridgehead atoms. The fourth-order valence-electron chi connectivity index (χ4n) is 4.20. The number of hydrogen-bond donors (Lipinski definition) is 2. The lowest BCUT2D eigenvalue weighted by molar-refractivity contribution is -0.138. The van der Waals surface area contributed by atoms with Crippen LogP contribution in [0.5, 0.6) is 0 Å². The summed E-state index contributed by atoms with van der Waals surface area (Å²) in [4.78, 5) is 15.5.